The average Bonchev–Trinajstić information content (AvgIpc) is 2.66. The second-order valence-electron chi connectivity index (χ2n) is 3.75. The molecule has 84 valence electrons. The fourth-order valence-corrected chi connectivity index (χ4v) is 1.59. The van der Waals surface area contributed by atoms with Crippen molar-refractivity contribution < 1.29 is 9.50 Å². The first-order valence-electron chi connectivity index (χ1n) is 5.12. The molecule has 1 aromatic heterocycles. The lowest BCUT2D eigenvalue weighted by Gasteiger charge is -2.09. The molecule has 0 saturated carbocycles. The Morgan fingerprint density at radius 2 is 2.00 bits per heavy atom. The van der Waals surface area contributed by atoms with Crippen molar-refractivity contribution in [3.8, 4) is 11.3 Å². The molecule has 1 heterocycles. The molecular formula is C12H13FN2O. The Kier molecular flexibility index (Phi) is 3.01. The van der Waals surface area contributed by atoms with Crippen LogP contribution in [0, 0.1) is 5.82 Å². The van der Waals surface area contributed by atoms with Gasteiger partial charge >= 0.3 is 0 Å². The van der Waals surface area contributed by atoms with E-state index in [1.807, 2.05) is 6.07 Å². The molecule has 1 N–H and O–H groups in total. The van der Waals surface area contributed by atoms with E-state index in [1.165, 1.54) is 12.1 Å². The van der Waals surface area contributed by atoms with E-state index >= 15 is 0 Å². The third-order valence-corrected chi connectivity index (χ3v) is 2.29. The predicted octanol–water partition coefficient (Wildman–Crippen LogP) is 2.07. The summed E-state index contributed by atoms with van der Waals surface area (Å²) in [5, 5.41) is 13.4. The monoisotopic (exact) mass is 220 g/mol. The van der Waals surface area contributed by atoms with Crippen LogP contribution in [-0.2, 0) is 6.54 Å². The van der Waals surface area contributed by atoms with Crippen LogP contribution in [0.2, 0.25) is 0 Å². The quantitative estimate of drug-likeness (QED) is 0.859. The average molecular weight is 220 g/mol. The van der Waals surface area contributed by atoms with Gasteiger partial charge in [-0.2, -0.15) is 5.10 Å². The molecule has 0 aliphatic heterocycles. The largest absolute Gasteiger partial charge is 0.391 e. The molecule has 0 aliphatic carbocycles. The fourth-order valence-electron chi connectivity index (χ4n) is 1.59. The van der Waals surface area contributed by atoms with Gasteiger partial charge in [-0.1, -0.05) is 0 Å². The van der Waals surface area contributed by atoms with E-state index in [9.17, 15) is 9.50 Å². The first kappa shape index (κ1) is 10.8. The summed E-state index contributed by atoms with van der Waals surface area (Å²) in [6.45, 7) is 2.13. The Hall–Kier alpha value is -1.68. The maximum absolute atomic E-state index is 12.8. The number of halogens is 1. The lowest BCUT2D eigenvalue weighted by Crippen LogP contribution is -2.13. The summed E-state index contributed by atoms with van der Waals surface area (Å²) in [6.07, 6.45) is 1.21. The number of aliphatic hydroxyl groups is 1. The van der Waals surface area contributed by atoms with Crippen LogP contribution in [0.25, 0.3) is 11.3 Å². The lowest BCUT2D eigenvalue weighted by molar-refractivity contribution is 0.169. The zero-order valence-corrected chi connectivity index (χ0v) is 8.97. The Morgan fingerprint density at radius 1 is 1.31 bits per heavy atom. The molecule has 0 bridgehead atoms. The van der Waals surface area contributed by atoms with E-state index in [-0.39, 0.29) is 5.82 Å². The highest BCUT2D eigenvalue weighted by molar-refractivity contribution is 5.58. The van der Waals surface area contributed by atoms with E-state index in [0.29, 0.717) is 6.54 Å². The Bertz CT molecular complexity index is 462. The standard InChI is InChI=1S/C12H13FN2O/c1-9(16)8-15-12(6-7-14-15)10-2-4-11(13)5-3-10/h2-7,9,16H,8H2,1H3. The van der Waals surface area contributed by atoms with Gasteiger partial charge in [0.1, 0.15) is 5.82 Å². The SMILES string of the molecule is CC(O)Cn1nccc1-c1ccc(F)cc1. The molecule has 0 saturated heterocycles. The van der Waals surface area contributed by atoms with Crippen LogP contribution in [0.1, 0.15) is 6.92 Å². The molecule has 3 nitrogen and oxygen atoms in total. The Labute approximate surface area is 93.2 Å². The molecule has 0 radical (unpaired) electrons. The van der Waals surface area contributed by atoms with Gasteiger partial charge in [-0.15, -0.1) is 0 Å². The van der Waals surface area contributed by atoms with E-state index < -0.39 is 6.10 Å². The number of benzene rings is 1. The molecule has 1 atom stereocenters. The van der Waals surface area contributed by atoms with Crippen molar-refractivity contribution in [2.45, 2.75) is 19.6 Å². The molecule has 0 fully saturated rings. The summed E-state index contributed by atoms with van der Waals surface area (Å²) in [6, 6.07) is 8.06. The summed E-state index contributed by atoms with van der Waals surface area (Å²) < 4.78 is 14.5. The summed E-state index contributed by atoms with van der Waals surface area (Å²) in [7, 11) is 0. The molecule has 1 aromatic carbocycles. The summed E-state index contributed by atoms with van der Waals surface area (Å²) in [5.41, 5.74) is 1.76. The van der Waals surface area contributed by atoms with E-state index in [4.69, 9.17) is 0 Å². The van der Waals surface area contributed by atoms with Gasteiger partial charge in [0.15, 0.2) is 0 Å². The van der Waals surface area contributed by atoms with Crippen LogP contribution in [-0.4, -0.2) is 21.0 Å². The van der Waals surface area contributed by atoms with Crippen molar-refractivity contribution in [3.63, 3.8) is 0 Å². The highest BCUT2D eigenvalue weighted by Gasteiger charge is 2.07. The van der Waals surface area contributed by atoms with Crippen molar-refractivity contribution in [2.75, 3.05) is 0 Å². The second kappa shape index (κ2) is 4.45. The van der Waals surface area contributed by atoms with Crippen LogP contribution in [0.3, 0.4) is 0 Å². The van der Waals surface area contributed by atoms with E-state index in [2.05, 4.69) is 5.10 Å². The summed E-state index contributed by atoms with van der Waals surface area (Å²) in [4.78, 5) is 0. The van der Waals surface area contributed by atoms with Crippen molar-refractivity contribution in [2.24, 2.45) is 0 Å². The highest BCUT2D eigenvalue weighted by Crippen LogP contribution is 2.19. The number of rotatable bonds is 3. The number of nitrogens with zero attached hydrogens (tertiary/aromatic N) is 2. The molecular weight excluding hydrogens is 207 g/mol. The van der Waals surface area contributed by atoms with Crippen LogP contribution in [0.15, 0.2) is 36.5 Å². The molecule has 2 aromatic rings. The van der Waals surface area contributed by atoms with Gasteiger partial charge in [0.25, 0.3) is 0 Å². The minimum atomic E-state index is -0.459. The first-order valence-corrected chi connectivity index (χ1v) is 5.12. The molecule has 16 heavy (non-hydrogen) atoms. The smallest absolute Gasteiger partial charge is 0.123 e. The maximum atomic E-state index is 12.8. The van der Waals surface area contributed by atoms with Crippen molar-refractivity contribution in [1.82, 2.24) is 9.78 Å². The highest BCUT2D eigenvalue weighted by atomic mass is 19.1. The van der Waals surface area contributed by atoms with Gasteiger partial charge < -0.3 is 5.11 Å². The third-order valence-electron chi connectivity index (χ3n) is 2.29. The molecule has 1 unspecified atom stereocenters. The summed E-state index contributed by atoms with van der Waals surface area (Å²) >= 11 is 0. The van der Waals surface area contributed by atoms with E-state index in [0.717, 1.165) is 11.3 Å². The number of hydrogen-bond donors (Lipinski definition) is 1. The normalized spacial score (nSPS) is 12.7. The second-order valence-corrected chi connectivity index (χ2v) is 3.75. The maximum Gasteiger partial charge on any atom is 0.123 e. The number of hydrogen-bond acceptors (Lipinski definition) is 2. The van der Waals surface area contributed by atoms with Crippen LogP contribution in [0.5, 0.6) is 0 Å². The van der Waals surface area contributed by atoms with Crippen LogP contribution < -0.4 is 0 Å². The number of aliphatic hydroxyl groups excluding tert-OH is 1. The lowest BCUT2D eigenvalue weighted by atomic mass is 10.1. The van der Waals surface area contributed by atoms with Gasteiger partial charge in [0.05, 0.1) is 18.3 Å². The van der Waals surface area contributed by atoms with Gasteiger partial charge in [-0.25, -0.2) is 4.39 Å². The molecule has 0 amide bonds. The van der Waals surface area contributed by atoms with Crippen LogP contribution in [0.4, 0.5) is 4.39 Å². The topological polar surface area (TPSA) is 38.0 Å². The Balaban J connectivity index is 2.33. The molecule has 0 aliphatic rings. The van der Waals surface area contributed by atoms with Crippen LogP contribution >= 0.6 is 0 Å². The molecule has 0 spiro atoms. The van der Waals surface area contributed by atoms with Crippen molar-refractivity contribution >= 4 is 0 Å². The fraction of sp³-hybridized carbons (Fsp3) is 0.250. The van der Waals surface area contributed by atoms with Gasteiger partial charge in [0, 0.05) is 6.20 Å². The summed E-state index contributed by atoms with van der Waals surface area (Å²) in [5.74, 6) is -0.259. The number of aromatic nitrogens is 2. The van der Waals surface area contributed by atoms with Crippen molar-refractivity contribution in [1.29, 1.82) is 0 Å². The third kappa shape index (κ3) is 2.28. The zero-order valence-electron chi connectivity index (χ0n) is 8.97. The van der Waals surface area contributed by atoms with Gasteiger partial charge in [0.2, 0.25) is 0 Å². The van der Waals surface area contributed by atoms with Crippen molar-refractivity contribution in [3.05, 3.63) is 42.3 Å². The minimum Gasteiger partial charge on any atom is -0.391 e. The first-order chi connectivity index (χ1) is 7.66. The molecule has 2 rings (SSSR count). The van der Waals surface area contributed by atoms with E-state index in [1.54, 1.807) is 29.9 Å². The molecule has 4 heteroatoms. The predicted molar refractivity (Wildman–Crippen MR) is 59.3 cm³/mol. The minimum absolute atomic E-state index is 0.259. The van der Waals surface area contributed by atoms with Gasteiger partial charge in [-0.05, 0) is 42.8 Å². The Morgan fingerprint density at radius 3 is 2.62 bits per heavy atom. The van der Waals surface area contributed by atoms with Gasteiger partial charge in [-0.3, -0.25) is 4.68 Å². The zero-order chi connectivity index (χ0) is 11.5.